The first-order valence-corrected chi connectivity index (χ1v) is 20.5. The Kier molecular flexibility index (Phi) is 48.6. The Labute approximate surface area is 404 Å². The topological polar surface area (TPSA) is 396 Å². The Hall–Kier alpha value is -4.24. The number of hydrogen-bond donors (Lipinski definition) is 7. The van der Waals surface area contributed by atoms with Gasteiger partial charge >= 0.3 is 34.4 Å². The summed E-state index contributed by atoms with van der Waals surface area (Å²) in [5.41, 5.74) is 0. The number of carboxylic acid groups (broad SMARTS) is 3. The van der Waals surface area contributed by atoms with Crippen molar-refractivity contribution in [2.75, 3.05) is 72.2 Å². The summed E-state index contributed by atoms with van der Waals surface area (Å²) in [7, 11) is 1.18. The first kappa shape index (κ1) is 72.4. The number of unbranched alkanes of at least 4 members (excludes halogenated alkanes) is 2. The number of amides is 6. The van der Waals surface area contributed by atoms with Gasteiger partial charge in [-0.3, -0.25) is 72.7 Å². The smallest absolute Gasteiger partial charge is 0.480 e. The molecule has 0 bridgehead atoms. The summed E-state index contributed by atoms with van der Waals surface area (Å²) in [6.07, 6.45) is 7.54. The second-order valence-electron chi connectivity index (χ2n) is 12.2. The van der Waals surface area contributed by atoms with E-state index >= 15 is 0 Å². The second kappa shape index (κ2) is 43.6. The van der Waals surface area contributed by atoms with Crippen molar-refractivity contribution in [1.82, 2.24) is 30.2 Å². The summed E-state index contributed by atoms with van der Waals surface area (Å²) in [6, 6.07) is -1.30. The summed E-state index contributed by atoms with van der Waals surface area (Å²) in [4.78, 5) is 132. The van der Waals surface area contributed by atoms with Crippen molar-refractivity contribution in [2.45, 2.75) is 69.4 Å². The van der Waals surface area contributed by atoms with Crippen molar-refractivity contribution in [3.63, 3.8) is 0 Å². The molecule has 10 N–H and O–H groups in total. The van der Waals surface area contributed by atoms with E-state index < -0.39 is 84.0 Å². The van der Waals surface area contributed by atoms with Crippen molar-refractivity contribution in [2.24, 2.45) is 0 Å². The third kappa shape index (κ3) is 31.3. The molecule has 380 valence electrons. The number of aliphatic carboxylic acids is 3. The van der Waals surface area contributed by atoms with E-state index in [0.717, 1.165) is 26.9 Å². The number of carboxylic acids is 3. The molecule has 0 aliphatic carbocycles. The number of nitrogens with one attached hydrogen (secondary N) is 2. The molecule has 0 radical (unpaired) electrons. The van der Waals surface area contributed by atoms with Crippen LogP contribution in [0.25, 0.3) is 0 Å². The van der Waals surface area contributed by atoms with Crippen LogP contribution >= 0.6 is 24.4 Å². The van der Waals surface area contributed by atoms with E-state index in [-0.39, 0.29) is 89.6 Å². The van der Waals surface area contributed by atoms with Crippen molar-refractivity contribution in [1.29, 1.82) is 0 Å². The summed E-state index contributed by atoms with van der Waals surface area (Å²) in [6.45, 7) is 1.41. The number of carbonyl (C=O) groups excluding carboxylic acids is 8. The zero-order valence-corrected chi connectivity index (χ0v) is 39.6. The summed E-state index contributed by atoms with van der Waals surface area (Å²) in [5.74, 6) is -6.78. The molecule has 2 aliphatic heterocycles. The number of thioether (sulfide) groups is 1. The Bertz CT molecular complexity index is 1470. The van der Waals surface area contributed by atoms with E-state index in [2.05, 4.69) is 32.9 Å². The third-order valence-corrected chi connectivity index (χ3v) is 9.09. The molecule has 1 saturated heterocycles. The molecule has 6 amide bonds. The van der Waals surface area contributed by atoms with Gasteiger partial charge in [0.1, 0.15) is 25.9 Å². The van der Waals surface area contributed by atoms with E-state index in [4.69, 9.17) is 20.2 Å². The fourth-order valence-electron chi connectivity index (χ4n) is 5.34. The molecule has 2 heterocycles. The normalized spacial score (nSPS) is 14.1. The van der Waals surface area contributed by atoms with Gasteiger partial charge in [0.05, 0.1) is 25.4 Å². The molecule has 0 spiro atoms. The van der Waals surface area contributed by atoms with Crippen LogP contribution in [0.3, 0.4) is 0 Å². The maximum Gasteiger partial charge on any atom is 2.00 e. The van der Waals surface area contributed by atoms with Crippen molar-refractivity contribution >= 4 is 90.7 Å². The van der Waals surface area contributed by atoms with Crippen LogP contribution < -0.4 is 10.6 Å². The molecule has 2 aliphatic rings. The van der Waals surface area contributed by atoms with Gasteiger partial charge in [-0.15, -0.1) is 0 Å². The fourth-order valence-corrected chi connectivity index (χ4v) is 5.98. The Morgan fingerprint density at radius 1 is 0.846 bits per heavy atom. The summed E-state index contributed by atoms with van der Waals surface area (Å²) >= 11 is 4.77. The van der Waals surface area contributed by atoms with E-state index in [0.29, 0.717) is 51.7 Å². The minimum absolute atomic E-state index is 0. The van der Waals surface area contributed by atoms with E-state index in [1.807, 2.05) is 6.92 Å². The Morgan fingerprint density at radius 2 is 1.31 bits per heavy atom. The monoisotopic (exact) mass is 1060 g/mol. The first-order valence-electron chi connectivity index (χ1n) is 18.4. The summed E-state index contributed by atoms with van der Waals surface area (Å²) < 4.78 is 9.69. The van der Waals surface area contributed by atoms with Gasteiger partial charge in [0.2, 0.25) is 23.6 Å². The molecular formula is C35H60N6Ni2O20S2+2. The molecule has 0 aromatic rings. The van der Waals surface area contributed by atoms with Crippen LogP contribution in [0.4, 0.5) is 0 Å². The fraction of sp³-hybridized carbons (Fsp3) is 0.629. The predicted molar refractivity (Wildman–Crippen MR) is 224 cm³/mol. The molecule has 3 unspecified atom stereocenters. The molecule has 0 saturated carbocycles. The maximum absolute atomic E-state index is 12.0. The molecular weight excluding hydrogens is 1010 g/mol. The van der Waals surface area contributed by atoms with E-state index in [9.17, 15) is 57.8 Å². The molecule has 2 rings (SSSR count). The van der Waals surface area contributed by atoms with Crippen LogP contribution in [0.5, 0.6) is 0 Å². The number of rotatable bonds is 28. The number of hydrogen-bond acceptors (Lipinski definition) is 19. The van der Waals surface area contributed by atoms with Gasteiger partial charge in [-0.05, 0) is 51.0 Å². The van der Waals surface area contributed by atoms with Crippen LogP contribution in [0.1, 0.15) is 51.9 Å². The second-order valence-corrected chi connectivity index (χ2v) is 13.3. The maximum atomic E-state index is 12.0. The van der Waals surface area contributed by atoms with Crippen LogP contribution in [0.2, 0.25) is 0 Å². The van der Waals surface area contributed by atoms with Crippen molar-refractivity contribution < 1.29 is 132 Å². The predicted octanol–water partition coefficient (Wildman–Crippen LogP) is -3.17. The standard InChI is InChI=1S/C17H25N3O9S.C16H23N3O7.CH4O2.CH4S.2Ni.2H2O/c1-30-11-6-13(22)20(16(11)27)7-12(21)18-5-3-2-4-10(17(28)29)19(8-14(23)24)9-15(25)26;1-2-18(10-25-11-20)16(26-12-21)5-3-4-8-17-13(22)9-19-14(23)6-7-15(19)24;1-3-2;1-2;;;;/h10-11H,2-9H2,1H3,(H,18,21)(H,23,24)(H,25,26)(H,28,29);6-7,11-12,16H,2-5,8-10H2,1H3,(H,17,22);2H,1H3;2H,1H3;;;2*1H2/q;;;;;+2;;. The minimum Gasteiger partial charge on any atom is -0.480 e. The van der Waals surface area contributed by atoms with Gasteiger partial charge in [-0.25, -0.2) is 9.79 Å². The van der Waals surface area contributed by atoms with Gasteiger partial charge in [-0.1, -0.05) is 6.92 Å². The molecule has 26 nitrogen and oxygen atoms in total. The number of ether oxygens (including phenoxy) is 2. The van der Waals surface area contributed by atoms with E-state index in [1.165, 1.54) is 18.9 Å². The third-order valence-electron chi connectivity index (χ3n) is 8.15. The van der Waals surface area contributed by atoms with Crippen LogP contribution in [-0.4, -0.2) is 207 Å². The van der Waals surface area contributed by atoms with Gasteiger partial charge in [0.15, 0.2) is 6.23 Å². The van der Waals surface area contributed by atoms with Crippen molar-refractivity contribution in [3.05, 3.63) is 12.2 Å². The molecule has 0 aromatic carbocycles. The van der Waals surface area contributed by atoms with Gasteiger partial charge in [-0.2, -0.15) is 24.4 Å². The number of likely N-dealkylation sites (tertiary alicyclic amines) is 1. The van der Waals surface area contributed by atoms with Crippen molar-refractivity contribution in [3.8, 4) is 0 Å². The van der Waals surface area contributed by atoms with Gasteiger partial charge in [0.25, 0.3) is 24.8 Å². The zero-order chi connectivity index (χ0) is 46.9. The summed E-state index contributed by atoms with van der Waals surface area (Å²) in [5, 5.41) is 38.8. The number of thiol groups is 1. The largest absolute Gasteiger partial charge is 2.00 e. The SMILES string of the molecule is CCN(COC=O)C(CCCCNC(=O)CN1C(=O)C=CC1=O)OC=O.COO.CS.CSC1CC(=O)N(CC(=O)NCCCCC(C(=O)O)N(CC(=O)O)CC(=O)O)C1=O.O.O.[Ni+2].[Ni]. The van der Waals surface area contributed by atoms with Crippen LogP contribution in [0.15, 0.2) is 12.2 Å². The Morgan fingerprint density at radius 3 is 1.69 bits per heavy atom. The quantitative estimate of drug-likeness (QED) is 0.00594. The number of nitrogens with zero attached hydrogens (tertiary/aromatic N) is 4. The number of imide groups is 2. The molecule has 1 fully saturated rings. The average molecular weight is 1070 g/mol. The van der Waals surface area contributed by atoms with E-state index in [1.54, 1.807) is 17.4 Å². The minimum atomic E-state index is -1.34. The zero-order valence-electron chi connectivity index (χ0n) is 35.9. The molecule has 0 aromatic heterocycles. The molecule has 3 atom stereocenters. The Balaban J connectivity index is -0.000000232. The number of carbonyl (C=O) groups is 11. The molecule has 30 heteroatoms. The van der Waals surface area contributed by atoms with Gasteiger partial charge < -0.3 is 46.4 Å². The first-order chi connectivity index (χ1) is 29.0. The van der Waals surface area contributed by atoms with Crippen LogP contribution in [0, 0.1) is 0 Å². The van der Waals surface area contributed by atoms with Crippen LogP contribution in [-0.2, 0) is 100 Å². The average Bonchev–Trinajstić information content (AvgIpc) is 3.67. The molecule has 65 heavy (non-hydrogen) atoms. The van der Waals surface area contributed by atoms with Gasteiger partial charge in [0, 0.05) is 54.7 Å².